The number of imidazole rings is 1. The molecule has 0 radical (unpaired) electrons. The van der Waals surface area contributed by atoms with Crippen molar-refractivity contribution in [3.05, 3.63) is 66.1 Å². The number of benzene rings is 2. The molecule has 0 spiro atoms. The van der Waals surface area contributed by atoms with Crippen molar-refractivity contribution in [2.45, 2.75) is 11.8 Å². The summed E-state index contributed by atoms with van der Waals surface area (Å²) in [6.45, 7) is 1.66. The Labute approximate surface area is 194 Å². The molecule has 3 N–H and O–H groups in total. The minimum absolute atomic E-state index is 0.0200. The standard InChI is InChI=1S/C22H17F2N5OS.CH5N/c1-13-11-14(3-6-18(13)31-2)28-21-22-27-12-16(29(22)9-8-26-21)15-4-5-17(30-10-7-25)20(24)19(15)23;1-2/h3-6,8-9,11-12H,10H2,1-2H3,(H,26,28);2H2,1H3. The van der Waals surface area contributed by atoms with Gasteiger partial charge >= 0.3 is 0 Å². The van der Waals surface area contributed by atoms with Gasteiger partial charge in [-0.3, -0.25) is 4.40 Å². The zero-order valence-corrected chi connectivity index (χ0v) is 19.1. The first-order valence-corrected chi connectivity index (χ1v) is 11.1. The number of fused-ring (bicyclic) bond motifs is 1. The minimum atomic E-state index is -1.15. The lowest BCUT2D eigenvalue weighted by Gasteiger charge is -2.11. The third kappa shape index (κ3) is 4.89. The summed E-state index contributed by atoms with van der Waals surface area (Å²) in [5.41, 5.74) is 7.32. The number of aromatic nitrogens is 3. The van der Waals surface area contributed by atoms with Crippen LogP contribution in [-0.4, -0.2) is 34.3 Å². The molecular formula is C23H22F2N6OS. The molecule has 170 valence electrons. The van der Waals surface area contributed by atoms with Crippen LogP contribution in [0.4, 0.5) is 20.3 Å². The Morgan fingerprint density at radius 3 is 2.67 bits per heavy atom. The van der Waals surface area contributed by atoms with Crippen LogP contribution in [0.1, 0.15) is 5.56 Å². The molecule has 0 amide bonds. The summed E-state index contributed by atoms with van der Waals surface area (Å²) in [5.74, 6) is -2.06. The number of nitriles is 1. The number of rotatable bonds is 6. The molecule has 0 unspecified atom stereocenters. The molecule has 2 aromatic carbocycles. The lowest BCUT2D eigenvalue weighted by Crippen LogP contribution is -2.01. The van der Waals surface area contributed by atoms with Crippen molar-refractivity contribution in [2.75, 3.05) is 25.2 Å². The number of hydrogen-bond donors (Lipinski definition) is 2. The average Bonchev–Trinajstić information content (AvgIpc) is 3.26. The SMILES string of the molecule is CN.CSc1ccc(Nc2nccn3c(-c4ccc(OCC#N)c(F)c4F)cnc23)cc1C. The number of nitrogens with two attached hydrogens (primary N) is 1. The van der Waals surface area contributed by atoms with Crippen LogP contribution in [0.3, 0.4) is 0 Å². The van der Waals surface area contributed by atoms with E-state index in [9.17, 15) is 8.78 Å². The predicted molar refractivity (Wildman–Crippen MR) is 126 cm³/mol. The maximum atomic E-state index is 14.7. The molecule has 0 atom stereocenters. The van der Waals surface area contributed by atoms with Crippen molar-refractivity contribution < 1.29 is 13.5 Å². The highest BCUT2D eigenvalue weighted by Crippen LogP contribution is 2.32. The first kappa shape index (κ1) is 24.0. The highest BCUT2D eigenvalue weighted by Gasteiger charge is 2.19. The Kier molecular flexibility index (Phi) is 7.82. The van der Waals surface area contributed by atoms with Gasteiger partial charge in [-0.15, -0.1) is 11.8 Å². The Hall–Kier alpha value is -3.68. The first-order chi connectivity index (χ1) is 16.0. The molecule has 0 fully saturated rings. The molecule has 0 aliphatic rings. The number of aryl methyl sites for hydroxylation is 1. The van der Waals surface area contributed by atoms with Crippen molar-refractivity contribution in [2.24, 2.45) is 5.73 Å². The van der Waals surface area contributed by atoms with Crippen LogP contribution in [0.2, 0.25) is 0 Å². The molecule has 10 heteroatoms. The normalized spacial score (nSPS) is 10.3. The molecule has 0 aliphatic heterocycles. The van der Waals surface area contributed by atoms with E-state index < -0.39 is 11.6 Å². The van der Waals surface area contributed by atoms with E-state index in [1.165, 1.54) is 30.3 Å². The Balaban J connectivity index is 0.00000149. The summed E-state index contributed by atoms with van der Waals surface area (Å²) >= 11 is 1.67. The van der Waals surface area contributed by atoms with Gasteiger partial charge in [0.15, 0.2) is 29.6 Å². The lowest BCUT2D eigenvalue weighted by atomic mass is 10.1. The fraction of sp³-hybridized carbons (Fsp3) is 0.174. The molecule has 0 bridgehead atoms. The van der Waals surface area contributed by atoms with Gasteiger partial charge in [0, 0.05) is 28.5 Å². The number of nitrogens with one attached hydrogen (secondary N) is 1. The van der Waals surface area contributed by atoms with Crippen molar-refractivity contribution >= 4 is 28.9 Å². The number of thioether (sulfide) groups is 1. The van der Waals surface area contributed by atoms with Crippen molar-refractivity contribution in [3.8, 4) is 23.1 Å². The van der Waals surface area contributed by atoms with Gasteiger partial charge in [-0.1, -0.05) is 0 Å². The predicted octanol–water partition coefficient (Wildman–Crippen LogP) is 4.93. The van der Waals surface area contributed by atoms with Gasteiger partial charge in [-0.25, -0.2) is 14.4 Å². The van der Waals surface area contributed by atoms with E-state index in [4.69, 9.17) is 10.00 Å². The maximum Gasteiger partial charge on any atom is 0.201 e. The van der Waals surface area contributed by atoms with Gasteiger partial charge in [-0.2, -0.15) is 9.65 Å². The van der Waals surface area contributed by atoms with Crippen LogP contribution in [0.25, 0.3) is 16.9 Å². The molecule has 4 rings (SSSR count). The maximum absolute atomic E-state index is 14.7. The van der Waals surface area contributed by atoms with Crippen LogP contribution in [-0.2, 0) is 0 Å². The molecule has 0 aliphatic carbocycles. The number of nitrogens with zero attached hydrogens (tertiary/aromatic N) is 4. The lowest BCUT2D eigenvalue weighted by molar-refractivity contribution is 0.337. The minimum Gasteiger partial charge on any atom is -0.476 e. The Morgan fingerprint density at radius 2 is 1.97 bits per heavy atom. The van der Waals surface area contributed by atoms with E-state index in [-0.39, 0.29) is 17.9 Å². The first-order valence-electron chi connectivity index (χ1n) is 9.83. The topological polar surface area (TPSA) is 101 Å². The van der Waals surface area contributed by atoms with Crippen molar-refractivity contribution in [1.82, 2.24) is 14.4 Å². The van der Waals surface area contributed by atoms with E-state index in [0.717, 1.165) is 11.3 Å². The molecular weight excluding hydrogens is 446 g/mol. The number of hydrogen-bond acceptors (Lipinski definition) is 7. The second kappa shape index (κ2) is 10.8. The second-order valence-corrected chi connectivity index (χ2v) is 7.46. The van der Waals surface area contributed by atoms with Gasteiger partial charge < -0.3 is 15.8 Å². The van der Waals surface area contributed by atoms with Crippen LogP contribution < -0.4 is 15.8 Å². The summed E-state index contributed by atoms with van der Waals surface area (Å²) in [4.78, 5) is 9.89. The summed E-state index contributed by atoms with van der Waals surface area (Å²) < 4.78 is 35.7. The summed E-state index contributed by atoms with van der Waals surface area (Å²) in [5, 5.41) is 11.8. The zero-order valence-electron chi connectivity index (χ0n) is 18.3. The summed E-state index contributed by atoms with van der Waals surface area (Å²) in [7, 11) is 1.50. The van der Waals surface area contributed by atoms with Crippen LogP contribution >= 0.6 is 11.8 Å². The third-order valence-electron chi connectivity index (χ3n) is 4.70. The summed E-state index contributed by atoms with van der Waals surface area (Å²) in [6, 6.07) is 10.4. The molecule has 33 heavy (non-hydrogen) atoms. The van der Waals surface area contributed by atoms with Gasteiger partial charge in [0.05, 0.1) is 11.9 Å². The van der Waals surface area contributed by atoms with Gasteiger partial charge in [0.1, 0.15) is 6.07 Å². The van der Waals surface area contributed by atoms with Gasteiger partial charge in [0.25, 0.3) is 0 Å². The molecule has 0 saturated carbocycles. The highest BCUT2D eigenvalue weighted by atomic mass is 32.2. The Morgan fingerprint density at radius 1 is 1.18 bits per heavy atom. The van der Waals surface area contributed by atoms with Crippen molar-refractivity contribution in [3.63, 3.8) is 0 Å². The number of halogens is 2. The monoisotopic (exact) mass is 468 g/mol. The van der Waals surface area contributed by atoms with Crippen LogP contribution in [0, 0.1) is 29.9 Å². The van der Waals surface area contributed by atoms with E-state index in [2.05, 4.69) is 21.0 Å². The smallest absolute Gasteiger partial charge is 0.201 e. The Bertz CT molecular complexity index is 1320. The van der Waals surface area contributed by atoms with E-state index in [1.807, 2.05) is 31.4 Å². The molecule has 0 saturated heterocycles. The van der Waals surface area contributed by atoms with Gasteiger partial charge in [0.2, 0.25) is 5.82 Å². The number of anilines is 2. The van der Waals surface area contributed by atoms with E-state index >= 15 is 0 Å². The molecule has 4 aromatic rings. The molecule has 2 heterocycles. The van der Waals surface area contributed by atoms with E-state index in [1.54, 1.807) is 34.6 Å². The van der Waals surface area contributed by atoms with E-state index in [0.29, 0.717) is 17.2 Å². The average molecular weight is 469 g/mol. The molecule has 7 nitrogen and oxygen atoms in total. The quantitative estimate of drug-likeness (QED) is 0.387. The molecule has 2 aromatic heterocycles. The fourth-order valence-electron chi connectivity index (χ4n) is 3.25. The van der Waals surface area contributed by atoms with Crippen molar-refractivity contribution in [1.29, 1.82) is 5.26 Å². The number of ether oxygens (including phenoxy) is 1. The van der Waals surface area contributed by atoms with Crippen LogP contribution in [0.5, 0.6) is 5.75 Å². The largest absolute Gasteiger partial charge is 0.476 e. The summed E-state index contributed by atoms with van der Waals surface area (Å²) in [6.07, 6.45) is 6.66. The third-order valence-corrected chi connectivity index (χ3v) is 5.60. The zero-order chi connectivity index (χ0) is 24.0. The van der Waals surface area contributed by atoms with Crippen LogP contribution in [0.15, 0.2) is 53.8 Å². The van der Waals surface area contributed by atoms with Gasteiger partial charge in [-0.05, 0) is 56.1 Å². The fourth-order valence-corrected chi connectivity index (χ4v) is 3.84. The highest BCUT2D eigenvalue weighted by molar-refractivity contribution is 7.98. The second-order valence-electron chi connectivity index (χ2n) is 6.61.